The zero-order valence-corrected chi connectivity index (χ0v) is 14.9. The van der Waals surface area contributed by atoms with Crippen molar-refractivity contribution >= 4 is 0 Å². The van der Waals surface area contributed by atoms with Crippen molar-refractivity contribution in [1.82, 2.24) is 4.90 Å². The molecule has 26 heavy (non-hydrogen) atoms. The highest BCUT2D eigenvalue weighted by atomic mass is 19.1. The van der Waals surface area contributed by atoms with Crippen molar-refractivity contribution in [1.29, 1.82) is 0 Å². The van der Waals surface area contributed by atoms with Gasteiger partial charge >= 0.3 is 0 Å². The van der Waals surface area contributed by atoms with Crippen molar-refractivity contribution in [2.75, 3.05) is 20.2 Å². The number of hydrogen-bond donors (Lipinski definition) is 2. The molecular weight excluding hydrogens is 333 g/mol. The molecule has 1 saturated carbocycles. The highest BCUT2D eigenvalue weighted by molar-refractivity contribution is 5.41. The Morgan fingerprint density at radius 1 is 1.19 bits per heavy atom. The molecule has 5 heteroatoms. The number of phenolic OH excluding ortho intramolecular Hbond substituents is 1. The lowest BCUT2D eigenvalue weighted by Gasteiger charge is -2.31. The number of rotatable bonds is 4. The van der Waals surface area contributed by atoms with Gasteiger partial charge in [0.15, 0.2) is 11.5 Å². The third kappa shape index (κ3) is 2.95. The molecule has 0 aromatic heterocycles. The van der Waals surface area contributed by atoms with Crippen LogP contribution in [0.25, 0.3) is 0 Å². The minimum atomic E-state index is -0.880. The fourth-order valence-corrected chi connectivity index (χ4v) is 4.70. The maximum Gasteiger partial charge on any atom is 0.160 e. The number of fused-ring (bicyclic) bond motifs is 1. The molecule has 0 spiro atoms. The predicted molar refractivity (Wildman–Crippen MR) is 96.4 cm³/mol. The number of ether oxygens (including phenoxy) is 1. The first kappa shape index (κ1) is 17.3. The summed E-state index contributed by atoms with van der Waals surface area (Å²) >= 11 is 0. The molecule has 1 aliphatic heterocycles. The van der Waals surface area contributed by atoms with Crippen LogP contribution in [0.4, 0.5) is 4.39 Å². The fourth-order valence-electron chi connectivity index (χ4n) is 4.70. The monoisotopic (exact) mass is 357 g/mol. The molecule has 2 N–H and O–H groups in total. The van der Waals surface area contributed by atoms with Crippen LogP contribution in [0.1, 0.15) is 24.0 Å². The van der Waals surface area contributed by atoms with Crippen LogP contribution in [0, 0.1) is 17.7 Å². The summed E-state index contributed by atoms with van der Waals surface area (Å²) < 4.78 is 18.3. The number of halogens is 1. The maximum atomic E-state index is 13.2. The van der Waals surface area contributed by atoms with Crippen LogP contribution in [-0.4, -0.2) is 35.3 Å². The van der Waals surface area contributed by atoms with Crippen molar-refractivity contribution in [3.8, 4) is 11.5 Å². The Morgan fingerprint density at radius 3 is 2.65 bits per heavy atom. The average Bonchev–Trinajstić information content (AvgIpc) is 3.16. The molecule has 2 aliphatic rings. The van der Waals surface area contributed by atoms with Crippen LogP contribution in [-0.2, 0) is 12.1 Å². The fraction of sp³-hybridized carbons (Fsp3) is 0.429. The topological polar surface area (TPSA) is 52.9 Å². The van der Waals surface area contributed by atoms with E-state index in [0.29, 0.717) is 11.7 Å². The van der Waals surface area contributed by atoms with Gasteiger partial charge in [-0.1, -0.05) is 18.2 Å². The van der Waals surface area contributed by atoms with Gasteiger partial charge in [-0.2, -0.15) is 0 Å². The molecule has 1 aliphatic carbocycles. The minimum absolute atomic E-state index is 0.146. The summed E-state index contributed by atoms with van der Waals surface area (Å²) in [5.74, 6) is 0.931. The lowest BCUT2D eigenvalue weighted by atomic mass is 9.82. The molecule has 0 unspecified atom stereocenters. The summed E-state index contributed by atoms with van der Waals surface area (Å²) in [6.45, 7) is 2.45. The van der Waals surface area contributed by atoms with Crippen LogP contribution in [0.5, 0.6) is 11.5 Å². The number of hydrogen-bond acceptors (Lipinski definition) is 4. The number of benzene rings is 2. The molecule has 138 valence electrons. The zero-order chi connectivity index (χ0) is 18.3. The number of aromatic hydroxyl groups is 1. The average molecular weight is 357 g/mol. The third-order valence-corrected chi connectivity index (χ3v) is 6.02. The number of phenols is 1. The smallest absolute Gasteiger partial charge is 0.160 e. The van der Waals surface area contributed by atoms with Gasteiger partial charge in [-0.3, -0.25) is 4.90 Å². The minimum Gasteiger partial charge on any atom is -0.504 e. The summed E-state index contributed by atoms with van der Waals surface area (Å²) in [5, 5.41) is 21.3. The molecule has 2 aromatic rings. The number of nitrogens with zero attached hydrogens (tertiary/aromatic N) is 1. The Bertz CT molecular complexity index is 794. The predicted octanol–water partition coefficient (Wildman–Crippen LogP) is 3.27. The van der Waals surface area contributed by atoms with Gasteiger partial charge in [0.05, 0.1) is 12.7 Å². The van der Waals surface area contributed by atoms with Crippen LogP contribution in [0.3, 0.4) is 0 Å². The number of likely N-dealkylation sites (tertiary alicyclic amines) is 1. The van der Waals surface area contributed by atoms with E-state index in [2.05, 4.69) is 4.90 Å². The Labute approximate surface area is 152 Å². The van der Waals surface area contributed by atoms with Crippen LogP contribution in [0.2, 0.25) is 0 Å². The second kappa shape index (κ2) is 6.56. The van der Waals surface area contributed by atoms with Crippen molar-refractivity contribution in [2.45, 2.75) is 25.0 Å². The van der Waals surface area contributed by atoms with E-state index in [1.54, 1.807) is 24.3 Å². The Kier molecular flexibility index (Phi) is 4.37. The van der Waals surface area contributed by atoms with Crippen LogP contribution in [0.15, 0.2) is 42.5 Å². The molecule has 0 amide bonds. The molecule has 0 radical (unpaired) electrons. The van der Waals surface area contributed by atoms with Gasteiger partial charge in [0.1, 0.15) is 5.82 Å². The summed E-state index contributed by atoms with van der Waals surface area (Å²) in [4.78, 5) is 2.32. The van der Waals surface area contributed by atoms with E-state index < -0.39 is 5.60 Å². The van der Waals surface area contributed by atoms with Crippen molar-refractivity contribution < 1.29 is 19.3 Å². The maximum absolute atomic E-state index is 13.2. The first-order valence-electron chi connectivity index (χ1n) is 9.06. The van der Waals surface area contributed by atoms with Gasteiger partial charge in [0.2, 0.25) is 0 Å². The van der Waals surface area contributed by atoms with E-state index in [9.17, 15) is 14.6 Å². The van der Waals surface area contributed by atoms with E-state index in [1.165, 1.54) is 19.2 Å². The standard InChI is InChI=1S/C21H24FNO3/c1-26-20-7-2-14(10-19(20)24)11-23-12-15-8-9-21(25,18(15)13-23)16-3-5-17(22)6-4-16/h2-7,10,15,18,24-25H,8-9,11-13H2,1H3/t15-,18+,21-/m0/s1. The van der Waals surface area contributed by atoms with Crippen molar-refractivity contribution in [2.24, 2.45) is 11.8 Å². The second-order valence-electron chi connectivity index (χ2n) is 7.54. The number of aliphatic hydroxyl groups is 1. The Morgan fingerprint density at radius 2 is 1.96 bits per heavy atom. The molecule has 4 rings (SSSR count). The van der Waals surface area contributed by atoms with Gasteiger partial charge in [-0.05, 0) is 54.2 Å². The van der Waals surface area contributed by atoms with Gasteiger partial charge in [-0.15, -0.1) is 0 Å². The molecular formula is C21H24FNO3. The van der Waals surface area contributed by atoms with E-state index >= 15 is 0 Å². The number of methoxy groups -OCH3 is 1. The van der Waals surface area contributed by atoms with Gasteiger partial charge in [-0.25, -0.2) is 4.39 Å². The zero-order valence-electron chi connectivity index (χ0n) is 14.9. The summed E-state index contributed by atoms with van der Waals surface area (Å²) in [6.07, 6.45) is 1.70. The van der Waals surface area contributed by atoms with Crippen molar-refractivity contribution in [3.05, 3.63) is 59.4 Å². The van der Waals surface area contributed by atoms with E-state index in [1.807, 2.05) is 6.07 Å². The summed E-state index contributed by atoms with van der Waals surface area (Å²) in [6, 6.07) is 11.7. The Balaban J connectivity index is 1.49. The van der Waals surface area contributed by atoms with Crippen LogP contribution < -0.4 is 4.74 Å². The summed E-state index contributed by atoms with van der Waals surface area (Å²) in [5.41, 5.74) is 0.957. The highest BCUT2D eigenvalue weighted by Gasteiger charge is 2.52. The summed E-state index contributed by atoms with van der Waals surface area (Å²) in [7, 11) is 1.53. The molecule has 0 bridgehead atoms. The van der Waals surface area contributed by atoms with Crippen LogP contribution >= 0.6 is 0 Å². The largest absolute Gasteiger partial charge is 0.504 e. The lowest BCUT2D eigenvalue weighted by molar-refractivity contribution is -0.00688. The second-order valence-corrected chi connectivity index (χ2v) is 7.54. The Hall–Kier alpha value is -2.11. The van der Waals surface area contributed by atoms with E-state index in [4.69, 9.17) is 4.74 Å². The van der Waals surface area contributed by atoms with Gasteiger partial charge < -0.3 is 14.9 Å². The molecule has 1 saturated heterocycles. The molecule has 2 fully saturated rings. The van der Waals surface area contributed by atoms with Gasteiger partial charge in [0.25, 0.3) is 0 Å². The molecule has 1 heterocycles. The van der Waals surface area contributed by atoms with E-state index in [-0.39, 0.29) is 17.5 Å². The normalized spacial score (nSPS) is 28.3. The SMILES string of the molecule is COc1ccc(CN2C[C@@H]3CC[C@](O)(c4ccc(F)cc4)[C@@H]3C2)cc1O. The van der Waals surface area contributed by atoms with Crippen molar-refractivity contribution in [3.63, 3.8) is 0 Å². The van der Waals surface area contributed by atoms with E-state index in [0.717, 1.165) is 43.6 Å². The molecule has 3 atom stereocenters. The third-order valence-electron chi connectivity index (χ3n) is 6.02. The molecule has 2 aromatic carbocycles. The lowest BCUT2D eigenvalue weighted by Crippen LogP contribution is -2.34. The van der Waals surface area contributed by atoms with Gasteiger partial charge in [0, 0.05) is 25.6 Å². The first-order valence-corrected chi connectivity index (χ1v) is 9.06. The highest BCUT2D eigenvalue weighted by Crippen LogP contribution is 2.50. The molecule has 4 nitrogen and oxygen atoms in total. The first-order chi connectivity index (χ1) is 12.5. The quantitative estimate of drug-likeness (QED) is 0.882.